The van der Waals surface area contributed by atoms with Gasteiger partial charge in [-0.15, -0.1) is 5.10 Å². The van der Waals surface area contributed by atoms with Crippen LogP contribution < -0.4 is 4.74 Å². The number of nitrogens with zero attached hydrogens (tertiary/aromatic N) is 3. The topological polar surface area (TPSA) is 86.5 Å². The van der Waals surface area contributed by atoms with Gasteiger partial charge in [0, 0.05) is 25.8 Å². The minimum atomic E-state index is -1.12. The Bertz CT molecular complexity index is 624. The second-order valence-electron chi connectivity index (χ2n) is 4.36. The van der Waals surface area contributed by atoms with Crippen molar-refractivity contribution in [1.82, 2.24) is 15.0 Å². The Balaban J connectivity index is 2.48. The summed E-state index contributed by atoms with van der Waals surface area (Å²) in [6.45, 7) is 1.08. The van der Waals surface area contributed by atoms with Gasteiger partial charge in [-0.05, 0) is 18.6 Å². The quantitative estimate of drug-likeness (QED) is 0.781. The molecule has 21 heavy (non-hydrogen) atoms. The highest BCUT2D eigenvalue weighted by Gasteiger charge is 2.22. The number of hydrogen-bond donors (Lipinski definition) is 1. The van der Waals surface area contributed by atoms with E-state index in [0.29, 0.717) is 36.6 Å². The summed E-state index contributed by atoms with van der Waals surface area (Å²) < 4.78 is 11.9. The molecule has 0 fully saturated rings. The van der Waals surface area contributed by atoms with Crippen LogP contribution in [0.3, 0.4) is 0 Å². The van der Waals surface area contributed by atoms with Gasteiger partial charge in [-0.1, -0.05) is 17.3 Å². The van der Waals surface area contributed by atoms with Crippen molar-refractivity contribution >= 4 is 5.97 Å². The molecular weight excluding hydrogens is 274 g/mol. The van der Waals surface area contributed by atoms with E-state index in [9.17, 15) is 9.90 Å². The standard InChI is InChI=1S/C14H17N3O4/c1-20-9-5-8-17-13(12(14(18)19)15-16-17)10-6-3-4-7-11(10)21-2/h3-4,6-7H,5,8-9H2,1-2H3,(H,18,19). The lowest BCUT2D eigenvalue weighted by molar-refractivity contribution is 0.0691. The third kappa shape index (κ3) is 3.19. The first kappa shape index (κ1) is 15.0. The van der Waals surface area contributed by atoms with Crippen LogP contribution in [0.5, 0.6) is 5.75 Å². The molecule has 0 bridgehead atoms. The summed E-state index contributed by atoms with van der Waals surface area (Å²) in [4.78, 5) is 11.4. The van der Waals surface area contributed by atoms with E-state index in [1.54, 1.807) is 31.0 Å². The van der Waals surface area contributed by atoms with Gasteiger partial charge < -0.3 is 14.6 Å². The molecule has 1 aromatic heterocycles. The van der Waals surface area contributed by atoms with E-state index in [2.05, 4.69) is 10.3 Å². The normalized spacial score (nSPS) is 10.6. The number of aromatic nitrogens is 3. The molecule has 0 aliphatic carbocycles. The SMILES string of the molecule is COCCCn1nnc(C(=O)O)c1-c1ccccc1OC. The minimum absolute atomic E-state index is 0.0862. The Labute approximate surface area is 122 Å². The predicted octanol–water partition coefficient (Wildman–Crippen LogP) is 1.69. The number of carbonyl (C=O) groups is 1. The van der Waals surface area contributed by atoms with Crippen LogP contribution in [-0.2, 0) is 11.3 Å². The van der Waals surface area contributed by atoms with Gasteiger partial charge in [0.2, 0.25) is 0 Å². The van der Waals surface area contributed by atoms with Crippen LogP contribution >= 0.6 is 0 Å². The van der Waals surface area contributed by atoms with Crippen molar-refractivity contribution in [3.8, 4) is 17.0 Å². The molecule has 0 unspecified atom stereocenters. The van der Waals surface area contributed by atoms with Gasteiger partial charge in [0.1, 0.15) is 11.4 Å². The van der Waals surface area contributed by atoms with Crippen molar-refractivity contribution in [3.63, 3.8) is 0 Å². The van der Waals surface area contributed by atoms with Crippen LogP contribution in [0, 0.1) is 0 Å². The first-order valence-electron chi connectivity index (χ1n) is 6.48. The van der Waals surface area contributed by atoms with Gasteiger partial charge >= 0.3 is 5.97 Å². The molecule has 1 N–H and O–H groups in total. The Morgan fingerprint density at radius 2 is 2.10 bits per heavy atom. The summed E-state index contributed by atoms with van der Waals surface area (Å²) in [6, 6.07) is 7.20. The van der Waals surface area contributed by atoms with E-state index in [1.807, 2.05) is 12.1 Å². The molecule has 2 rings (SSSR count). The zero-order chi connectivity index (χ0) is 15.2. The summed E-state index contributed by atoms with van der Waals surface area (Å²) >= 11 is 0. The van der Waals surface area contributed by atoms with E-state index < -0.39 is 5.97 Å². The van der Waals surface area contributed by atoms with Crippen molar-refractivity contribution in [1.29, 1.82) is 0 Å². The maximum atomic E-state index is 11.4. The van der Waals surface area contributed by atoms with Crippen molar-refractivity contribution in [2.75, 3.05) is 20.8 Å². The Morgan fingerprint density at radius 1 is 1.33 bits per heavy atom. The smallest absolute Gasteiger partial charge is 0.358 e. The summed E-state index contributed by atoms with van der Waals surface area (Å²) in [5.41, 5.74) is 1.01. The lowest BCUT2D eigenvalue weighted by Gasteiger charge is -2.10. The zero-order valence-corrected chi connectivity index (χ0v) is 11.9. The van der Waals surface area contributed by atoms with Gasteiger partial charge in [-0.2, -0.15) is 0 Å². The van der Waals surface area contributed by atoms with Crippen molar-refractivity contribution in [2.24, 2.45) is 0 Å². The summed E-state index contributed by atoms with van der Waals surface area (Å²) in [6.07, 6.45) is 0.709. The van der Waals surface area contributed by atoms with Crippen molar-refractivity contribution < 1.29 is 19.4 Å². The average Bonchev–Trinajstić information content (AvgIpc) is 2.91. The Hall–Kier alpha value is -2.41. The monoisotopic (exact) mass is 291 g/mol. The number of ether oxygens (including phenoxy) is 2. The molecule has 0 amide bonds. The lowest BCUT2D eigenvalue weighted by Crippen LogP contribution is -2.07. The maximum Gasteiger partial charge on any atom is 0.358 e. The molecule has 0 atom stereocenters. The highest BCUT2D eigenvalue weighted by Crippen LogP contribution is 2.31. The fourth-order valence-corrected chi connectivity index (χ4v) is 2.08. The third-order valence-corrected chi connectivity index (χ3v) is 3.02. The second kappa shape index (κ2) is 6.85. The first-order valence-corrected chi connectivity index (χ1v) is 6.48. The fraction of sp³-hybridized carbons (Fsp3) is 0.357. The molecule has 0 radical (unpaired) electrons. The van der Waals surface area contributed by atoms with E-state index >= 15 is 0 Å². The van der Waals surface area contributed by atoms with Gasteiger partial charge in [0.15, 0.2) is 5.69 Å². The molecule has 0 aliphatic heterocycles. The number of aromatic carboxylic acids is 1. The minimum Gasteiger partial charge on any atom is -0.496 e. The number of hydrogen-bond acceptors (Lipinski definition) is 5. The van der Waals surface area contributed by atoms with E-state index in [4.69, 9.17) is 9.47 Å². The lowest BCUT2D eigenvalue weighted by atomic mass is 10.1. The molecule has 0 saturated heterocycles. The van der Waals surface area contributed by atoms with Gasteiger partial charge in [0.25, 0.3) is 0 Å². The number of carboxylic acid groups (broad SMARTS) is 1. The van der Waals surface area contributed by atoms with E-state index in [-0.39, 0.29) is 5.69 Å². The first-order chi connectivity index (χ1) is 10.2. The van der Waals surface area contributed by atoms with Crippen LogP contribution in [-0.4, -0.2) is 46.9 Å². The largest absolute Gasteiger partial charge is 0.496 e. The Morgan fingerprint density at radius 3 is 2.76 bits per heavy atom. The average molecular weight is 291 g/mol. The molecular formula is C14H17N3O4. The summed E-state index contributed by atoms with van der Waals surface area (Å²) in [5, 5.41) is 17.0. The van der Waals surface area contributed by atoms with E-state index in [0.717, 1.165) is 0 Å². The van der Waals surface area contributed by atoms with Crippen LogP contribution in [0.15, 0.2) is 24.3 Å². The number of carboxylic acids is 1. The van der Waals surface area contributed by atoms with E-state index in [1.165, 1.54) is 0 Å². The maximum absolute atomic E-state index is 11.4. The van der Waals surface area contributed by atoms with Gasteiger partial charge in [0.05, 0.1) is 7.11 Å². The van der Waals surface area contributed by atoms with Crippen LogP contribution in [0.1, 0.15) is 16.9 Å². The Kier molecular flexibility index (Phi) is 4.89. The predicted molar refractivity (Wildman–Crippen MR) is 75.5 cm³/mol. The van der Waals surface area contributed by atoms with Crippen LogP contribution in [0.4, 0.5) is 0 Å². The molecule has 7 heteroatoms. The summed E-state index contributed by atoms with van der Waals surface area (Å²) in [5.74, 6) is -0.538. The van der Waals surface area contributed by atoms with Crippen molar-refractivity contribution in [3.05, 3.63) is 30.0 Å². The van der Waals surface area contributed by atoms with Gasteiger partial charge in [-0.25, -0.2) is 9.48 Å². The molecule has 0 spiro atoms. The number of para-hydroxylation sites is 1. The molecule has 1 heterocycles. The second-order valence-corrected chi connectivity index (χ2v) is 4.36. The van der Waals surface area contributed by atoms with Crippen LogP contribution in [0.25, 0.3) is 11.3 Å². The third-order valence-electron chi connectivity index (χ3n) is 3.02. The highest BCUT2D eigenvalue weighted by molar-refractivity contribution is 5.93. The molecule has 7 nitrogen and oxygen atoms in total. The fourth-order valence-electron chi connectivity index (χ4n) is 2.08. The number of methoxy groups -OCH3 is 2. The summed E-state index contributed by atoms with van der Waals surface area (Å²) in [7, 11) is 3.16. The zero-order valence-electron chi connectivity index (χ0n) is 11.9. The number of benzene rings is 1. The van der Waals surface area contributed by atoms with Crippen LogP contribution in [0.2, 0.25) is 0 Å². The molecule has 112 valence electrons. The number of rotatable bonds is 7. The molecule has 1 aromatic carbocycles. The highest BCUT2D eigenvalue weighted by atomic mass is 16.5. The molecule has 0 saturated carbocycles. The molecule has 2 aromatic rings. The van der Waals surface area contributed by atoms with Crippen molar-refractivity contribution in [2.45, 2.75) is 13.0 Å². The number of aryl methyl sites for hydroxylation is 1. The molecule has 0 aliphatic rings. The van der Waals surface area contributed by atoms with Gasteiger partial charge in [-0.3, -0.25) is 0 Å².